The highest BCUT2D eigenvalue weighted by atomic mass is 19.1. The number of alkyl halides is 1. The molecule has 0 N–H and O–H groups in total. The van der Waals surface area contributed by atoms with Crippen molar-refractivity contribution in [1.82, 2.24) is 4.90 Å². The lowest BCUT2D eigenvalue weighted by molar-refractivity contribution is -0.133. The standard InChI is InChI=1S/C20H38FNO/c1-4-6-7-8-9-10-11-12-13-18(5-2)15-20(23)22-16-19(21)14-17(22)3/h17-19H,4-16H2,1-3H3. The first-order valence-corrected chi connectivity index (χ1v) is 10.0. The third-order valence-corrected chi connectivity index (χ3v) is 5.35. The van der Waals surface area contributed by atoms with E-state index in [4.69, 9.17) is 0 Å². The number of nitrogens with zero attached hydrogens (tertiary/aromatic N) is 1. The van der Waals surface area contributed by atoms with Gasteiger partial charge in [0.2, 0.25) is 5.91 Å². The molecule has 0 bridgehead atoms. The molecule has 3 unspecified atom stereocenters. The van der Waals surface area contributed by atoms with E-state index in [0.717, 1.165) is 12.8 Å². The second kappa shape index (κ2) is 11.9. The summed E-state index contributed by atoms with van der Waals surface area (Å²) in [5.41, 5.74) is 0. The molecule has 1 fully saturated rings. The minimum Gasteiger partial charge on any atom is -0.337 e. The normalized spacial score (nSPS) is 22.5. The highest BCUT2D eigenvalue weighted by Crippen LogP contribution is 2.24. The summed E-state index contributed by atoms with van der Waals surface area (Å²) in [5.74, 6) is 0.650. The third-order valence-electron chi connectivity index (χ3n) is 5.35. The molecule has 3 heteroatoms. The number of carbonyl (C=O) groups is 1. The monoisotopic (exact) mass is 327 g/mol. The summed E-state index contributed by atoms with van der Waals surface area (Å²) in [5, 5.41) is 0. The minimum atomic E-state index is -0.818. The van der Waals surface area contributed by atoms with Gasteiger partial charge in [0.1, 0.15) is 6.17 Å². The summed E-state index contributed by atoms with van der Waals surface area (Å²) in [4.78, 5) is 14.1. The fourth-order valence-corrected chi connectivity index (χ4v) is 3.69. The van der Waals surface area contributed by atoms with Crippen LogP contribution in [0.4, 0.5) is 4.39 Å². The molecule has 1 aliphatic rings. The van der Waals surface area contributed by atoms with Crippen LogP contribution in [0.2, 0.25) is 0 Å². The Morgan fingerprint density at radius 1 is 1.09 bits per heavy atom. The molecule has 1 saturated heterocycles. The van der Waals surface area contributed by atoms with Gasteiger partial charge in [-0.3, -0.25) is 4.79 Å². The van der Waals surface area contributed by atoms with Crippen LogP contribution >= 0.6 is 0 Å². The molecule has 1 amide bonds. The van der Waals surface area contributed by atoms with Gasteiger partial charge in [-0.2, -0.15) is 0 Å². The van der Waals surface area contributed by atoms with Crippen molar-refractivity contribution < 1.29 is 9.18 Å². The van der Waals surface area contributed by atoms with E-state index >= 15 is 0 Å². The van der Waals surface area contributed by atoms with E-state index < -0.39 is 6.17 Å². The Morgan fingerprint density at radius 3 is 2.22 bits per heavy atom. The van der Waals surface area contributed by atoms with Crippen molar-refractivity contribution in [2.45, 2.75) is 110 Å². The number of halogens is 1. The van der Waals surface area contributed by atoms with Gasteiger partial charge in [0.25, 0.3) is 0 Å². The number of carbonyl (C=O) groups excluding carboxylic acids is 1. The van der Waals surface area contributed by atoms with Crippen molar-refractivity contribution in [3.05, 3.63) is 0 Å². The van der Waals surface area contributed by atoms with Crippen LogP contribution in [0.15, 0.2) is 0 Å². The summed E-state index contributed by atoms with van der Waals surface area (Å²) in [6.45, 7) is 6.71. The lowest BCUT2D eigenvalue weighted by atomic mass is 9.94. The Morgan fingerprint density at radius 2 is 1.70 bits per heavy atom. The molecule has 0 aromatic heterocycles. The molecule has 0 saturated carbocycles. The molecule has 3 atom stereocenters. The summed E-state index contributed by atoms with van der Waals surface area (Å²) in [6.07, 6.45) is 13.2. The summed E-state index contributed by atoms with van der Waals surface area (Å²) in [6, 6.07) is 0.0816. The van der Waals surface area contributed by atoms with E-state index in [0.29, 0.717) is 25.3 Å². The van der Waals surface area contributed by atoms with Gasteiger partial charge in [0.15, 0.2) is 0 Å². The van der Waals surface area contributed by atoms with Crippen LogP contribution in [0.5, 0.6) is 0 Å². The molecule has 1 heterocycles. The van der Waals surface area contributed by atoms with Crippen LogP contribution in [0.1, 0.15) is 97.8 Å². The molecule has 0 aromatic carbocycles. The van der Waals surface area contributed by atoms with Crippen LogP contribution in [0.25, 0.3) is 0 Å². The van der Waals surface area contributed by atoms with Crippen molar-refractivity contribution in [2.24, 2.45) is 5.92 Å². The van der Waals surface area contributed by atoms with Crippen LogP contribution in [0, 0.1) is 5.92 Å². The highest BCUT2D eigenvalue weighted by Gasteiger charge is 2.32. The zero-order chi connectivity index (χ0) is 17.1. The average Bonchev–Trinajstić information content (AvgIpc) is 2.87. The maximum atomic E-state index is 13.4. The van der Waals surface area contributed by atoms with E-state index in [1.54, 1.807) is 4.90 Å². The van der Waals surface area contributed by atoms with E-state index in [-0.39, 0.29) is 11.9 Å². The lowest BCUT2D eigenvalue weighted by Gasteiger charge is -2.24. The smallest absolute Gasteiger partial charge is 0.223 e. The molecule has 136 valence electrons. The molecule has 0 radical (unpaired) electrons. The quantitative estimate of drug-likeness (QED) is 0.409. The van der Waals surface area contributed by atoms with E-state index in [1.807, 2.05) is 6.92 Å². The predicted molar refractivity (Wildman–Crippen MR) is 96.3 cm³/mol. The fourth-order valence-electron chi connectivity index (χ4n) is 3.69. The molecule has 0 aromatic rings. The van der Waals surface area contributed by atoms with E-state index in [9.17, 15) is 9.18 Å². The van der Waals surface area contributed by atoms with Crippen molar-refractivity contribution >= 4 is 5.91 Å². The Kier molecular flexibility index (Phi) is 10.5. The molecule has 1 aliphatic heterocycles. The average molecular weight is 328 g/mol. The molecule has 23 heavy (non-hydrogen) atoms. The van der Waals surface area contributed by atoms with Gasteiger partial charge in [-0.1, -0.05) is 71.6 Å². The Hall–Kier alpha value is -0.600. The van der Waals surface area contributed by atoms with Gasteiger partial charge in [0.05, 0.1) is 6.54 Å². The van der Waals surface area contributed by atoms with Crippen molar-refractivity contribution in [2.75, 3.05) is 6.54 Å². The fraction of sp³-hybridized carbons (Fsp3) is 0.950. The van der Waals surface area contributed by atoms with E-state index in [2.05, 4.69) is 13.8 Å². The zero-order valence-electron chi connectivity index (χ0n) is 15.7. The summed E-state index contributed by atoms with van der Waals surface area (Å²) < 4.78 is 13.4. The van der Waals surface area contributed by atoms with Crippen LogP contribution in [0.3, 0.4) is 0 Å². The molecule has 0 spiro atoms. The number of hydrogen-bond acceptors (Lipinski definition) is 1. The van der Waals surface area contributed by atoms with E-state index in [1.165, 1.54) is 51.4 Å². The number of likely N-dealkylation sites (tertiary alicyclic amines) is 1. The lowest BCUT2D eigenvalue weighted by Crippen LogP contribution is -2.35. The first kappa shape index (κ1) is 20.4. The predicted octanol–water partition coefficient (Wildman–Crippen LogP) is 5.89. The van der Waals surface area contributed by atoms with Gasteiger partial charge >= 0.3 is 0 Å². The minimum absolute atomic E-state index is 0.0816. The number of amides is 1. The maximum Gasteiger partial charge on any atom is 0.223 e. The third kappa shape index (κ3) is 8.17. The first-order chi connectivity index (χ1) is 11.1. The zero-order valence-corrected chi connectivity index (χ0v) is 15.7. The topological polar surface area (TPSA) is 20.3 Å². The van der Waals surface area contributed by atoms with Gasteiger partial charge in [-0.15, -0.1) is 0 Å². The summed E-state index contributed by atoms with van der Waals surface area (Å²) in [7, 11) is 0. The van der Waals surface area contributed by atoms with Crippen LogP contribution in [-0.2, 0) is 4.79 Å². The molecule has 0 aliphatic carbocycles. The SMILES string of the molecule is CCCCCCCCCCC(CC)CC(=O)N1CC(F)CC1C. The van der Waals surface area contributed by atoms with Crippen LogP contribution < -0.4 is 0 Å². The first-order valence-electron chi connectivity index (χ1n) is 10.0. The largest absolute Gasteiger partial charge is 0.337 e. The number of hydrogen-bond donors (Lipinski definition) is 0. The second-order valence-corrected chi connectivity index (χ2v) is 7.47. The molecule has 1 rings (SSSR count). The van der Waals surface area contributed by atoms with Crippen molar-refractivity contribution in [3.8, 4) is 0 Å². The Balaban J connectivity index is 2.13. The van der Waals surface area contributed by atoms with Crippen LogP contribution in [-0.4, -0.2) is 29.6 Å². The Bertz CT molecular complexity index is 321. The number of rotatable bonds is 12. The maximum absolute atomic E-state index is 13.4. The Labute approximate surface area is 143 Å². The molecular weight excluding hydrogens is 289 g/mol. The van der Waals surface area contributed by atoms with Gasteiger partial charge < -0.3 is 4.90 Å². The van der Waals surface area contributed by atoms with Crippen molar-refractivity contribution in [3.63, 3.8) is 0 Å². The summed E-state index contributed by atoms with van der Waals surface area (Å²) >= 11 is 0. The van der Waals surface area contributed by atoms with Gasteiger partial charge in [0, 0.05) is 18.9 Å². The molecular formula is C20H38FNO. The molecule has 2 nitrogen and oxygen atoms in total. The van der Waals surface area contributed by atoms with Gasteiger partial charge in [-0.25, -0.2) is 4.39 Å². The highest BCUT2D eigenvalue weighted by molar-refractivity contribution is 5.77. The second-order valence-electron chi connectivity index (χ2n) is 7.47. The van der Waals surface area contributed by atoms with Gasteiger partial charge in [-0.05, 0) is 19.3 Å². The number of unbranched alkanes of at least 4 members (excludes halogenated alkanes) is 7. The van der Waals surface area contributed by atoms with Crippen molar-refractivity contribution in [1.29, 1.82) is 0 Å².